The van der Waals surface area contributed by atoms with Gasteiger partial charge in [-0.25, -0.2) is 9.50 Å². The Bertz CT molecular complexity index is 1040. The van der Waals surface area contributed by atoms with E-state index in [1.165, 1.54) is 0 Å². The van der Waals surface area contributed by atoms with Gasteiger partial charge in [-0.05, 0) is 37.1 Å². The van der Waals surface area contributed by atoms with Crippen molar-refractivity contribution >= 4 is 17.4 Å². The first-order chi connectivity index (χ1) is 12.6. The zero-order valence-corrected chi connectivity index (χ0v) is 15.1. The topological polar surface area (TPSA) is 72.9 Å². The summed E-state index contributed by atoms with van der Waals surface area (Å²) in [5.74, 6) is 1.79. The Morgan fingerprint density at radius 3 is 2.73 bits per heavy atom. The van der Waals surface area contributed by atoms with Crippen molar-refractivity contribution < 1.29 is 0 Å². The van der Waals surface area contributed by atoms with Gasteiger partial charge in [-0.15, -0.1) is 5.10 Å². The molecule has 0 aliphatic heterocycles. The van der Waals surface area contributed by atoms with Crippen LogP contribution in [0, 0.1) is 12.8 Å². The molecule has 0 bridgehead atoms. The molecule has 0 atom stereocenters. The zero-order chi connectivity index (χ0) is 18.1. The van der Waals surface area contributed by atoms with Crippen LogP contribution in [0.4, 0.5) is 11.8 Å². The van der Waals surface area contributed by atoms with E-state index < -0.39 is 0 Å². The van der Waals surface area contributed by atoms with Gasteiger partial charge in [0.05, 0.1) is 11.9 Å². The number of nitrogens with one attached hydrogen (secondary N) is 1. The van der Waals surface area contributed by atoms with Crippen molar-refractivity contribution in [3.8, 4) is 11.3 Å². The fourth-order valence-corrected chi connectivity index (χ4v) is 2.87. The minimum Gasteiger partial charge on any atom is -0.307 e. The summed E-state index contributed by atoms with van der Waals surface area (Å²) in [5, 5.41) is 12.2. The highest BCUT2D eigenvalue weighted by atomic mass is 15.4. The second kappa shape index (κ2) is 6.59. The number of fused-ring (bicyclic) bond motifs is 1. The molecule has 26 heavy (non-hydrogen) atoms. The SMILES string of the molecule is Cc1cccc(Nc2nc3cccc(-c4cnn(CC(C)C)c4)n3n2)n1. The van der Waals surface area contributed by atoms with Gasteiger partial charge in [-0.3, -0.25) is 4.68 Å². The molecule has 7 heteroatoms. The van der Waals surface area contributed by atoms with E-state index in [-0.39, 0.29) is 0 Å². The van der Waals surface area contributed by atoms with E-state index in [4.69, 9.17) is 0 Å². The van der Waals surface area contributed by atoms with E-state index in [9.17, 15) is 0 Å². The highest BCUT2D eigenvalue weighted by Gasteiger charge is 2.11. The molecule has 0 saturated heterocycles. The molecule has 7 nitrogen and oxygen atoms in total. The minimum absolute atomic E-state index is 0.519. The lowest BCUT2D eigenvalue weighted by atomic mass is 10.2. The summed E-state index contributed by atoms with van der Waals surface area (Å²) in [6, 6.07) is 11.7. The molecule has 4 aromatic heterocycles. The largest absolute Gasteiger partial charge is 0.307 e. The average Bonchev–Trinajstić information content (AvgIpc) is 3.20. The summed E-state index contributed by atoms with van der Waals surface area (Å²) >= 11 is 0. The van der Waals surface area contributed by atoms with Crippen LogP contribution < -0.4 is 5.32 Å². The predicted molar refractivity (Wildman–Crippen MR) is 101 cm³/mol. The maximum Gasteiger partial charge on any atom is 0.248 e. The maximum absolute atomic E-state index is 4.60. The van der Waals surface area contributed by atoms with Gasteiger partial charge in [0, 0.05) is 24.0 Å². The van der Waals surface area contributed by atoms with Gasteiger partial charge in [0.15, 0.2) is 5.65 Å². The molecule has 0 amide bonds. The first kappa shape index (κ1) is 16.3. The summed E-state index contributed by atoms with van der Waals surface area (Å²) in [7, 11) is 0. The summed E-state index contributed by atoms with van der Waals surface area (Å²) in [4.78, 5) is 8.99. The summed E-state index contributed by atoms with van der Waals surface area (Å²) in [5.41, 5.74) is 3.68. The van der Waals surface area contributed by atoms with Crippen molar-refractivity contribution in [3.05, 3.63) is 54.5 Å². The normalized spacial score (nSPS) is 11.4. The molecule has 4 aromatic rings. The van der Waals surface area contributed by atoms with Gasteiger partial charge in [0.25, 0.3) is 0 Å². The molecule has 0 fully saturated rings. The highest BCUT2D eigenvalue weighted by Crippen LogP contribution is 2.21. The third kappa shape index (κ3) is 3.28. The van der Waals surface area contributed by atoms with Gasteiger partial charge < -0.3 is 5.32 Å². The second-order valence-electron chi connectivity index (χ2n) is 6.75. The Morgan fingerprint density at radius 1 is 1.08 bits per heavy atom. The van der Waals surface area contributed by atoms with E-state index in [0.29, 0.717) is 11.9 Å². The van der Waals surface area contributed by atoms with Crippen molar-refractivity contribution in [3.63, 3.8) is 0 Å². The third-order valence-corrected chi connectivity index (χ3v) is 3.97. The maximum atomic E-state index is 4.60. The Balaban J connectivity index is 1.68. The first-order valence-electron chi connectivity index (χ1n) is 8.68. The predicted octanol–water partition coefficient (Wildman–Crippen LogP) is 3.70. The average molecular weight is 347 g/mol. The fraction of sp³-hybridized carbons (Fsp3) is 0.263. The van der Waals surface area contributed by atoms with E-state index in [2.05, 4.69) is 39.3 Å². The van der Waals surface area contributed by atoms with Gasteiger partial charge >= 0.3 is 0 Å². The summed E-state index contributed by atoms with van der Waals surface area (Å²) in [6.45, 7) is 7.20. The van der Waals surface area contributed by atoms with Crippen molar-refractivity contribution in [1.29, 1.82) is 0 Å². The Morgan fingerprint density at radius 2 is 1.92 bits per heavy atom. The molecule has 0 radical (unpaired) electrons. The van der Waals surface area contributed by atoms with Crippen LogP contribution in [0.1, 0.15) is 19.5 Å². The lowest BCUT2D eigenvalue weighted by Gasteiger charge is -2.04. The van der Waals surface area contributed by atoms with Crippen LogP contribution in [0.15, 0.2) is 48.8 Å². The number of pyridine rings is 2. The van der Waals surface area contributed by atoms with Crippen LogP contribution in [0.2, 0.25) is 0 Å². The van der Waals surface area contributed by atoms with Crippen LogP contribution in [0.3, 0.4) is 0 Å². The number of nitrogens with zero attached hydrogens (tertiary/aromatic N) is 6. The fourth-order valence-electron chi connectivity index (χ4n) is 2.87. The van der Waals surface area contributed by atoms with Crippen molar-refractivity contribution in [2.24, 2.45) is 5.92 Å². The first-order valence-corrected chi connectivity index (χ1v) is 8.68. The molecule has 0 spiro atoms. The molecule has 0 saturated carbocycles. The Kier molecular flexibility index (Phi) is 4.12. The number of hydrogen-bond donors (Lipinski definition) is 1. The van der Waals surface area contributed by atoms with Gasteiger partial charge in [0.1, 0.15) is 5.82 Å². The van der Waals surface area contributed by atoms with Crippen LogP contribution in [-0.2, 0) is 6.54 Å². The van der Waals surface area contributed by atoms with E-state index in [0.717, 1.165) is 35.0 Å². The minimum atomic E-state index is 0.519. The number of aromatic nitrogens is 6. The molecule has 0 unspecified atom stereocenters. The molecular formula is C19H21N7. The molecule has 4 rings (SSSR count). The van der Waals surface area contributed by atoms with Gasteiger partial charge in [0.2, 0.25) is 5.95 Å². The molecule has 1 N–H and O–H groups in total. The summed E-state index contributed by atoms with van der Waals surface area (Å²) < 4.78 is 3.79. The van der Waals surface area contributed by atoms with E-state index >= 15 is 0 Å². The molecule has 0 aromatic carbocycles. The number of hydrogen-bond acceptors (Lipinski definition) is 5. The van der Waals surface area contributed by atoms with Gasteiger partial charge in [-0.2, -0.15) is 10.1 Å². The zero-order valence-electron chi connectivity index (χ0n) is 15.1. The molecule has 4 heterocycles. The van der Waals surface area contributed by atoms with Gasteiger partial charge in [-0.1, -0.05) is 26.0 Å². The number of aryl methyl sites for hydroxylation is 1. The monoisotopic (exact) mass is 347 g/mol. The lowest BCUT2D eigenvalue weighted by molar-refractivity contribution is 0.483. The molecule has 0 aliphatic rings. The van der Waals surface area contributed by atoms with Crippen LogP contribution in [0.25, 0.3) is 16.9 Å². The number of anilines is 2. The molecular weight excluding hydrogens is 326 g/mol. The second-order valence-corrected chi connectivity index (χ2v) is 6.75. The van der Waals surface area contributed by atoms with Crippen LogP contribution in [0.5, 0.6) is 0 Å². The Labute approximate surface area is 151 Å². The number of rotatable bonds is 5. The van der Waals surface area contributed by atoms with Crippen molar-refractivity contribution in [1.82, 2.24) is 29.4 Å². The standard InChI is InChI=1S/C19H21N7/c1-13(2)11-25-12-15(10-20-25)16-7-5-9-18-23-19(24-26(16)18)22-17-8-4-6-14(3)21-17/h4-10,12-13H,11H2,1-3H3,(H,21,22,24). The quantitative estimate of drug-likeness (QED) is 0.596. The lowest BCUT2D eigenvalue weighted by Crippen LogP contribution is -2.04. The summed E-state index contributed by atoms with van der Waals surface area (Å²) in [6.07, 6.45) is 3.92. The molecule has 132 valence electrons. The smallest absolute Gasteiger partial charge is 0.248 e. The van der Waals surface area contributed by atoms with Crippen molar-refractivity contribution in [2.45, 2.75) is 27.3 Å². The van der Waals surface area contributed by atoms with Crippen LogP contribution >= 0.6 is 0 Å². The van der Waals surface area contributed by atoms with E-state index in [1.54, 1.807) is 0 Å². The van der Waals surface area contributed by atoms with Crippen molar-refractivity contribution in [2.75, 3.05) is 5.32 Å². The molecule has 0 aliphatic carbocycles. The van der Waals surface area contributed by atoms with E-state index in [1.807, 2.05) is 64.9 Å². The van der Waals surface area contributed by atoms with Crippen LogP contribution in [-0.4, -0.2) is 29.4 Å². The highest BCUT2D eigenvalue weighted by molar-refractivity contribution is 5.63. The third-order valence-electron chi connectivity index (χ3n) is 3.97. The Hall–Kier alpha value is -3.22.